The van der Waals surface area contributed by atoms with Gasteiger partial charge in [-0.2, -0.15) is 5.10 Å². The molecule has 3 aromatic rings. The van der Waals surface area contributed by atoms with Crippen molar-refractivity contribution in [2.45, 2.75) is 20.4 Å². The van der Waals surface area contributed by atoms with Gasteiger partial charge in [-0.05, 0) is 49.7 Å². The Hall–Kier alpha value is -4.54. The Labute approximate surface area is 194 Å². The van der Waals surface area contributed by atoms with Gasteiger partial charge in [0.2, 0.25) is 0 Å². The summed E-state index contributed by atoms with van der Waals surface area (Å²) in [6.07, 6.45) is 0. The number of hydrogen-bond donors (Lipinski definition) is 1. The molecule has 176 valence electrons. The molecule has 0 aliphatic carbocycles. The lowest BCUT2D eigenvalue weighted by atomic mass is 10.1. The molecule has 0 saturated carbocycles. The van der Waals surface area contributed by atoms with Gasteiger partial charge in [-0.25, -0.2) is 9.59 Å². The number of anilines is 1. The summed E-state index contributed by atoms with van der Waals surface area (Å²) in [7, 11) is 2.41. The average Bonchev–Trinajstić information content (AvgIpc) is 3.10. The second-order valence-corrected chi connectivity index (χ2v) is 7.37. The fourth-order valence-electron chi connectivity index (χ4n) is 3.41. The van der Waals surface area contributed by atoms with E-state index in [4.69, 9.17) is 9.47 Å². The molecule has 0 unspecified atom stereocenters. The number of methoxy groups -OCH3 is 2. The van der Waals surface area contributed by atoms with Crippen LogP contribution in [0.2, 0.25) is 0 Å². The van der Waals surface area contributed by atoms with Crippen molar-refractivity contribution in [3.63, 3.8) is 0 Å². The number of nitro groups is 1. The Balaban J connectivity index is 1.79. The standard InChI is InChI=1S/C23H22N4O7/c1-13-20(27(31)32)14(2)26(25-13)12-15-5-7-16(8-6-15)21(28)24-19-10-17(22(29)33-3)9-18(11-19)23(30)34-4/h5-11H,12H2,1-4H3,(H,24,28). The van der Waals surface area contributed by atoms with Gasteiger partial charge in [-0.1, -0.05) is 12.1 Å². The fourth-order valence-corrected chi connectivity index (χ4v) is 3.41. The second kappa shape index (κ2) is 9.94. The van der Waals surface area contributed by atoms with Crippen molar-refractivity contribution in [2.24, 2.45) is 0 Å². The van der Waals surface area contributed by atoms with E-state index in [0.29, 0.717) is 23.5 Å². The summed E-state index contributed by atoms with van der Waals surface area (Å²) >= 11 is 0. The van der Waals surface area contributed by atoms with Crippen molar-refractivity contribution in [1.29, 1.82) is 0 Å². The van der Waals surface area contributed by atoms with Gasteiger partial charge in [0.25, 0.3) is 5.91 Å². The third-order valence-electron chi connectivity index (χ3n) is 5.11. The zero-order valence-electron chi connectivity index (χ0n) is 18.9. The highest BCUT2D eigenvalue weighted by molar-refractivity contribution is 6.06. The van der Waals surface area contributed by atoms with Gasteiger partial charge < -0.3 is 14.8 Å². The Bertz CT molecular complexity index is 1240. The Morgan fingerprint density at radius 2 is 1.53 bits per heavy atom. The van der Waals surface area contributed by atoms with E-state index in [2.05, 4.69) is 10.4 Å². The fraction of sp³-hybridized carbons (Fsp3) is 0.217. The molecule has 0 saturated heterocycles. The summed E-state index contributed by atoms with van der Waals surface area (Å²) in [6, 6.07) is 10.7. The summed E-state index contributed by atoms with van der Waals surface area (Å²) in [5.74, 6) is -1.81. The number of aromatic nitrogens is 2. The predicted octanol–water partition coefficient (Wildman–Crippen LogP) is 3.28. The van der Waals surface area contributed by atoms with E-state index in [0.717, 1.165) is 5.56 Å². The van der Waals surface area contributed by atoms with Crippen LogP contribution < -0.4 is 5.32 Å². The summed E-state index contributed by atoms with van der Waals surface area (Å²) < 4.78 is 10.9. The molecule has 34 heavy (non-hydrogen) atoms. The molecule has 1 N–H and O–H groups in total. The van der Waals surface area contributed by atoms with Crippen LogP contribution >= 0.6 is 0 Å². The monoisotopic (exact) mass is 466 g/mol. The zero-order valence-corrected chi connectivity index (χ0v) is 18.9. The summed E-state index contributed by atoms with van der Waals surface area (Å²) in [4.78, 5) is 47.3. The van der Waals surface area contributed by atoms with Gasteiger partial charge in [0.15, 0.2) is 0 Å². The number of benzene rings is 2. The van der Waals surface area contributed by atoms with E-state index in [-0.39, 0.29) is 22.5 Å². The van der Waals surface area contributed by atoms with E-state index >= 15 is 0 Å². The van der Waals surface area contributed by atoms with Crippen LogP contribution in [0.3, 0.4) is 0 Å². The van der Waals surface area contributed by atoms with Crippen molar-refractivity contribution in [1.82, 2.24) is 9.78 Å². The van der Waals surface area contributed by atoms with Crippen molar-refractivity contribution < 1.29 is 28.8 Å². The van der Waals surface area contributed by atoms with E-state index < -0.39 is 22.8 Å². The molecular weight excluding hydrogens is 444 g/mol. The SMILES string of the molecule is COC(=O)c1cc(NC(=O)c2ccc(Cn3nc(C)c([N+](=O)[O-])c3C)cc2)cc(C(=O)OC)c1. The van der Waals surface area contributed by atoms with Crippen LogP contribution in [0, 0.1) is 24.0 Å². The number of hydrogen-bond acceptors (Lipinski definition) is 8. The highest BCUT2D eigenvalue weighted by Crippen LogP contribution is 2.23. The van der Waals surface area contributed by atoms with Gasteiger partial charge in [0.05, 0.1) is 36.8 Å². The molecule has 11 heteroatoms. The van der Waals surface area contributed by atoms with Gasteiger partial charge in [0, 0.05) is 11.3 Å². The van der Waals surface area contributed by atoms with E-state index in [9.17, 15) is 24.5 Å². The first-order chi connectivity index (χ1) is 16.1. The minimum absolute atomic E-state index is 0.0171. The largest absolute Gasteiger partial charge is 0.465 e. The molecular formula is C23H22N4O7. The maximum Gasteiger partial charge on any atom is 0.337 e. The van der Waals surface area contributed by atoms with E-state index in [1.165, 1.54) is 37.1 Å². The third kappa shape index (κ3) is 5.09. The number of nitrogens with zero attached hydrogens (tertiary/aromatic N) is 3. The second-order valence-electron chi connectivity index (χ2n) is 7.37. The molecule has 0 radical (unpaired) electrons. The van der Waals surface area contributed by atoms with Crippen molar-refractivity contribution >= 4 is 29.2 Å². The van der Waals surface area contributed by atoms with Gasteiger partial charge in [0.1, 0.15) is 11.4 Å². The molecule has 3 rings (SSSR count). The molecule has 0 atom stereocenters. The highest BCUT2D eigenvalue weighted by atomic mass is 16.6. The van der Waals surface area contributed by atoms with Crippen LogP contribution in [-0.2, 0) is 16.0 Å². The molecule has 0 bridgehead atoms. The first kappa shape index (κ1) is 24.1. The van der Waals surface area contributed by atoms with Crippen LogP contribution in [-0.4, -0.2) is 46.8 Å². The third-order valence-corrected chi connectivity index (χ3v) is 5.11. The molecule has 1 heterocycles. The minimum Gasteiger partial charge on any atom is -0.465 e. The zero-order chi connectivity index (χ0) is 25.0. The molecule has 2 aromatic carbocycles. The molecule has 11 nitrogen and oxygen atoms in total. The van der Waals surface area contributed by atoms with Gasteiger partial charge in [-0.3, -0.25) is 19.6 Å². The van der Waals surface area contributed by atoms with Crippen LogP contribution in [0.5, 0.6) is 0 Å². The summed E-state index contributed by atoms with van der Waals surface area (Å²) in [5, 5.41) is 18.1. The topological polar surface area (TPSA) is 143 Å². The number of nitrogens with one attached hydrogen (secondary N) is 1. The average molecular weight is 466 g/mol. The number of ether oxygens (including phenoxy) is 2. The van der Waals surface area contributed by atoms with Crippen LogP contribution in [0.4, 0.5) is 11.4 Å². The number of amides is 1. The number of carbonyl (C=O) groups is 3. The first-order valence-electron chi connectivity index (χ1n) is 10.0. The lowest BCUT2D eigenvalue weighted by Gasteiger charge is -2.10. The Morgan fingerprint density at radius 3 is 2.00 bits per heavy atom. The van der Waals surface area contributed by atoms with Crippen LogP contribution in [0.15, 0.2) is 42.5 Å². The molecule has 1 amide bonds. The van der Waals surface area contributed by atoms with E-state index in [1.807, 2.05) is 0 Å². The minimum atomic E-state index is -0.671. The van der Waals surface area contributed by atoms with Gasteiger partial charge in [-0.15, -0.1) is 0 Å². The normalized spacial score (nSPS) is 10.5. The number of aryl methyl sites for hydroxylation is 1. The molecule has 0 fully saturated rings. The molecule has 0 spiro atoms. The smallest absolute Gasteiger partial charge is 0.337 e. The van der Waals surface area contributed by atoms with Crippen LogP contribution in [0.1, 0.15) is 48.0 Å². The maximum absolute atomic E-state index is 12.7. The molecule has 1 aromatic heterocycles. The van der Waals surface area contributed by atoms with Crippen LogP contribution in [0.25, 0.3) is 0 Å². The maximum atomic E-state index is 12.7. The molecule has 0 aliphatic heterocycles. The highest BCUT2D eigenvalue weighted by Gasteiger charge is 2.22. The lowest BCUT2D eigenvalue weighted by molar-refractivity contribution is -0.386. The van der Waals surface area contributed by atoms with E-state index in [1.54, 1.807) is 38.1 Å². The number of rotatable bonds is 7. The summed E-state index contributed by atoms with van der Waals surface area (Å²) in [6.45, 7) is 3.51. The van der Waals surface area contributed by atoms with Crippen molar-refractivity contribution in [2.75, 3.05) is 19.5 Å². The molecule has 0 aliphatic rings. The number of esters is 2. The summed E-state index contributed by atoms with van der Waals surface area (Å²) in [5.41, 5.74) is 2.24. The Morgan fingerprint density at radius 1 is 0.971 bits per heavy atom. The van der Waals surface area contributed by atoms with Crippen molar-refractivity contribution in [3.05, 3.63) is 86.2 Å². The predicted molar refractivity (Wildman–Crippen MR) is 121 cm³/mol. The lowest BCUT2D eigenvalue weighted by Crippen LogP contribution is -2.14. The number of carbonyl (C=O) groups excluding carboxylic acids is 3. The Kier molecular flexibility index (Phi) is 7.05. The van der Waals surface area contributed by atoms with Crippen molar-refractivity contribution in [3.8, 4) is 0 Å². The quantitative estimate of drug-likeness (QED) is 0.317. The van der Waals surface area contributed by atoms with Gasteiger partial charge >= 0.3 is 17.6 Å². The first-order valence-corrected chi connectivity index (χ1v) is 10.0.